The minimum Gasteiger partial charge on any atom is -0.462 e. The van der Waals surface area contributed by atoms with Gasteiger partial charge in [-0.2, -0.15) is 0 Å². The van der Waals surface area contributed by atoms with Crippen LogP contribution < -0.4 is 38.3 Å². The van der Waals surface area contributed by atoms with E-state index in [1.807, 2.05) is 0 Å². The number of halogens is 1. The summed E-state index contributed by atoms with van der Waals surface area (Å²) in [5, 5.41) is 11.1. The molecule has 3 aliphatic heterocycles. The molecular weight excluding hydrogens is 1360 g/mol. The molecule has 0 aliphatic carbocycles. The van der Waals surface area contributed by atoms with Crippen molar-refractivity contribution >= 4 is 100 Å². The monoisotopic (exact) mass is 1460 g/mol. The highest BCUT2D eigenvalue weighted by molar-refractivity contribution is 8.56. The molecule has 0 bridgehead atoms. The Labute approximate surface area is 586 Å². The third kappa shape index (κ3) is 23.5. The topological polar surface area (TPSA) is 385 Å². The lowest BCUT2D eigenvalue weighted by molar-refractivity contribution is -0.151. The number of imidazole rings is 2. The molecule has 28 nitrogen and oxygen atoms in total. The number of hydrogen-bond donors (Lipinski definition) is 8. The van der Waals surface area contributed by atoms with E-state index in [0.29, 0.717) is 24.1 Å². The van der Waals surface area contributed by atoms with Gasteiger partial charge in [0.05, 0.1) is 50.4 Å². The van der Waals surface area contributed by atoms with Crippen LogP contribution in [0.5, 0.6) is 0 Å². The van der Waals surface area contributed by atoms with Crippen LogP contribution in [-0.2, 0) is 69.1 Å². The van der Waals surface area contributed by atoms with Gasteiger partial charge in [0.25, 0.3) is 12.1 Å². The number of aromatic amines is 1. The van der Waals surface area contributed by atoms with Gasteiger partial charge < -0.3 is 65.9 Å². The lowest BCUT2D eigenvalue weighted by atomic mass is 10.0. The summed E-state index contributed by atoms with van der Waals surface area (Å²) >= 11 is 6.40. The summed E-state index contributed by atoms with van der Waals surface area (Å²) < 4.78 is 72.6. The first-order valence-electron chi connectivity index (χ1n) is 35.2. The van der Waals surface area contributed by atoms with E-state index in [1.54, 1.807) is 38.1 Å². The standard InChI is InChI=1S/C66H101FN14O14P2S2/c1-5-7-9-11-13-15-16-18-20-22-24-28-53(83)92-46(26-23-21-19-17-14-12-10-8-6-2)34-51(82)79-55(43(3)4)64(86)78-47(27-25-33-70-66(69)87)62(84)77-45-31-29-44(30-32-45)38-99-96(88)50-35-52(80-41-76-57-61(80)73-40-74-63(57)85)93-48(50)36-91-97(89,98)95-58-49(37-90-96)94-65(54(58)67)81-42-75-56-59(68)71-39-72-60(56)81/h29-32,39-43,46-50,52,54-55,58,65H,5-28,33-38H2,1-4H3,(H,77,84)(H,78,86)(H,79,82)(H,89,98)(H2,68,71,72)(H3,69,70,87)(H,73,74,85)/t46?,47-,48+,49+,50-,52+,54+,55-,58+,65+,96?,97?/m0/s1. The molecule has 99 heavy (non-hydrogen) atoms. The number of nitrogens with two attached hydrogens (primary N) is 2. The van der Waals surface area contributed by atoms with Crippen molar-refractivity contribution in [2.75, 3.05) is 30.8 Å². The average molecular weight is 1460 g/mol. The van der Waals surface area contributed by atoms with Crippen LogP contribution >= 0.6 is 24.7 Å². The van der Waals surface area contributed by atoms with Crippen molar-refractivity contribution in [3.8, 4) is 0 Å². The van der Waals surface area contributed by atoms with Crippen LogP contribution in [0.3, 0.4) is 0 Å². The van der Waals surface area contributed by atoms with Crippen LogP contribution in [0.2, 0.25) is 0 Å². The quantitative estimate of drug-likeness (QED) is 0.0103. The molecule has 5 amide bonds. The maximum Gasteiger partial charge on any atom is 0.325 e. The molecule has 10 N–H and O–H groups in total. The molecule has 7 heterocycles. The number of fused-ring (bicyclic) bond motifs is 4. The Balaban J connectivity index is 0.924. The van der Waals surface area contributed by atoms with E-state index in [9.17, 15) is 33.7 Å². The number of urea groups is 1. The molecule has 12 atom stereocenters. The van der Waals surface area contributed by atoms with Crippen molar-refractivity contribution in [1.82, 2.24) is 55.0 Å². The predicted molar refractivity (Wildman–Crippen MR) is 379 cm³/mol. The second-order valence-electron chi connectivity index (χ2n) is 26.2. The van der Waals surface area contributed by atoms with Crippen LogP contribution in [0.1, 0.15) is 213 Å². The molecule has 3 unspecified atom stereocenters. The minimum absolute atomic E-state index is 0.0129. The number of carbonyl (C=O) groups is 5. The SMILES string of the molecule is CCCCCCCCCCCCCC(=O)OC(CCCCCCCCCCC)CC(=O)N[C@H](C(=O)N[C@@H](CCCNC(N)=O)C(=O)Nc1ccc(CSP2(=O)OC[C@H]3O[C@@H](n4cnc5c(N)ncnc54)[C@H](F)[C@@H]3OP(O)(=S)OC[C@H]3O[C@@H](n4cnc5c(=O)[nH]cnc54)C[C@@H]32)cc1)C(C)C. The van der Waals surface area contributed by atoms with Crippen molar-refractivity contribution in [2.45, 2.75) is 261 Å². The van der Waals surface area contributed by atoms with Crippen molar-refractivity contribution < 1.29 is 65.6 Å². The fourth-order valence-electron chi connectivity index (χ4n) is 12.6. The number of unbranched alkanes of at least 4 members (excludes halogenated alkanes) is 18. The van der Waals surface area contributed by atoms with E-state index in [2.05, 4.69) is 65.0 Å². The zero-order valence-corrected chi connectivity index (χ0v) is 60.7. The first kappa shape index (κ1) is 78.7. The van der Waals surface area contributed by atoms with E-state index in [-0.39, 0.29) is 78.5 Å². The Hall–Kier alpha value is -6.01. The maximum atomic E-state index is 16.8. The summed E-state index contributed by atoms with van der Waals surface area (Å²) in [5.74, 6) is -2.38. The van der Waals surface area contributed by atoms with Gasteiger partial charge >= 0.3 is 18.7 Å². The summed E-state index contributed by atoms with van der Waals surface area (Å²) in [6.45, 7) is -1.38. The van der Waals surface area contributed by atoms with E-state index in [4.69, 9.17) is 51.1 Å². The van der Waals surface area contributed by atoms with Crippen LogP contribution in [0, 0.1) is 5.92 Å². The van der Waals surface area contributed by atoms with E-state index >= 15 is 8.96 Å². The van der Waals surface area contributed by atoms with Gasteiger partial charge in [-0.05, 0) is 67.5 Å². The number of amides is 5. The number of ether oxygens (including phenoxy) is 3. The summed E-state index contributed by atoms with van der Waals surface area (Å²) in [4.78, 5) is 115. The first-order chi connectivity index (χ1) is 47.7. The summed E-state index contributed by atoms with van der Waals surface area (Å²) in [7, 11) is 0. The number of carbonyl (C=O) groups excluding carboxylic acids is 5. The Kier molecular flexibility index (Phi) is 31.3. The molecule has 0 spiro atoms. The number of alkyl halides is 1. The lowest BCUT2D eigenvalue weighted by Crippen LogP contribution is -2.55. The molecule has 33 heteroatoms. The molecular formula is C66H101FN14O14P2S2. The second-order valence-corrected chi connectivity index (χ2v) is 33.9. The average Bonchev–Trinajstić information content (AvgIpc) is 1.66. The van der Waals surface area contributed by atoms with Crippen molar-refractivity contribution in [3.05, 3.63) is 65.5 Å². The first-order valence-corrected chi connectivity index (χ1v) is 41.1. The van der Waals surface area contributed by atoms with Crippen LogP contribution in [-0.4, -0.2) is 142 Å². The Bertz CT molecular complexity index is 3570. The number of hydrogen-bond acceptors (Lipinski definition) is 21. The molecule has 4 aromatic heterocycles. The van der Waals surface area contributed by atoms with Crippen LogP contribution in [0.15, 0.2) is 54.4 Å². The molecule has 0 radical (unpaired) electrons. The molecule has 0 saturated carbocycles. The molecule has 548 valence electrons. The van der Waals surface area contributed by atoms with E-state index < -0.39 is 123 Å². The highest BCUT2D eigenvalue weighted by Crippen LogP contribution is 2.69. The zero-order valence-electron chi connectivity index (χ0n) is 57.3. The summed E-state index contributed by atoms with van der Waals surface area (Å²) in [5.41, 5.74) is 11.4. The van der Waals surface area contributed by atoms with Gasteiger partial charge in [0, 0.05) is 30.8 Å². The normalized spacial score (nSPS) is 23.4. The molecule has 3 fully saturated rings. The summed E-state index contributed by atoms with van der Waals surface area (Å²) in [6, 6.07) is 3.62. The number of aromatic nitrogens is 8. The van der Waals surface area contributed by atoms with Crippen LogP contribution in [0.25, 0.3) is 22.3 Å². The van der Waals surface area contributed by atoms with E-state index in [1.165, 1.54) is 111 Å². The third-order valence-corrected chi connectivity index (χ3v) is 25.0. The number of rotatable bonds is 40. The molecule has 5 aromatic rings. The highest BCUT2D eigenvalue weighted by atomic mass is 32.7. The van der Waals surface area contributed by atoms with Gasteiger partial charge in [-0.25, -0.2) is 34.1 Å². The zero-order chi connectivity index (χ0) is 70.9. The number of nitrogens with one attached hydrogen (secondary N) is 5. The highest BCUT2D eigenvalue weighted by Gasteiger charge is 2.55. The third-order valence-electron chi connectivity index (χ3n) is 18.1. The predicted octanol–water partition coefficient (Wildman–Crippen LogP) is 11.1. The number of H-pyrrole nitrogens is 1. The smallest absolute Gasteiger partial charge is 0.325 e. The maximum absolute atomic E-state index is 16.8. The number of primary amides is 1. The van der Waals surface area contributed by atoms with Crippen LogP contribution in [0.4, 0.5) is 20.7 Å². The fraction of sp³-hybridized carbons (Fsp3) is 0.682. The molecule has 1 aromatic carbocycles. The Morgan fingerprint density at radius 2 is 1.40 bits per heavy atom. The van der Waals surface area contributed by atoms with Crippen molar-refractivity contribution in [2.24, 2.45) is 11.7 Å². The second kappa shape index (κ2) is 39.4. The number of anilines is 2. The van der Waals surface area contributed by atoms with Crippen molar-refractivity contribution in [1.29, 1.82) is 0 Å². The number of benzene rings is 1. The molecule has 8 rings (SSSR count). The Morgan fingerprint density at radius 1 is 0.778 bits per heavy atom. The van der Waals surface area contributed by atoms with Gasteiger partial charge in [-0.15, -0.1) is 0 Å². The number of esters is 1. The lowest BCUT2D eigenvalue weighted by Gasteiger charge is -2.27. The minimum atomic E-state index is -4.31. The van der Waals surface area contributed by atoms with Crippen molar-refractivity contribution in [3.63, 3.8) is 0 Å². The number of nitrogens with zero attached hydrogens (tertiary/aromatic N) is 7. The van der Waals surface area contributed by atoms with E-state index in [0.717, 1.165) is 56.3 Å². The Morgan fingerprint density at radius 3 is 2.07 bits per heavy atom. The van der Waals surface area contributed by atoms with Gasteiger partial charge in [0.1, 0.15) is 48.5 Å². The largest absolute Gasteiger partial charge is 0.462 e. The molecule has 3 aliphatic rings. The van der Waals surface area contributed by atoms with Gasteiger partial charge in [0.2, 0.25) is 17.7 Å². The van der Waals surface area contributed by atoms with Gasteiger partial charge in [-0.3, -0.25) is 42.2 Å². The van der Waals surface area contributed by atoms with Gasteiger partial charge in [-0.1, -0.05) is 167 Å². The number of nitrogen functional groups attached to an aromatic ring is 1. The molecule has 3 saturated heterocycles. The fourth-order valence-corrected chi connectivity index (χ4v) is 19.0. The van der Waals surface area contributed by atoms with Gasteiger partial charge in [0.15, 0.2) is 35.0 Å². The summed E-state index contributed by atoms with van der Waals surface area (Å²) in [6.07, 6.45) is 19.4.